The number of hydrogen-bond donors (Lipinski definition) is 3. The summed E-state index contributed by atoms with van der Waals surface area (Å²) in [5.74, 6) is 1.06. The van der Waals surface area contributed by atoms with Crippen LogP contribution in [-0.2, 0) is 0 Å². The van der Waals surface area contributed by atoms with E-state index in [1.807, 2.05) is 47.4 Å². The van der Waals surface area contributed by atoms with Crippen LogP contribution in [0.15, 0.2) is 48.5 Å². The lowest BCUT2D eigenvalue weighted by Gasteiger charge is -2.23. The first-order valence-corrected chi connectivity index (χ1v) is 7.82. The fourth-order valence-electron chi connectivity index (χ4n) is 2.71. The average molecular weight is 324 g/mol. The molecule has 3 aromatic rings. The lowest BCUT2D eigenvalue weighted by atomic mass is 10.0. The summed E-state index contributed by atoms with van der Waals surface area (Å²) in [5.41, 5.74) is 8.40. The Kier molecular flexibility index (Phi) is 4.88. The average Bonchev–Trinajstić information content (AvgIpc) is 2.61. The molecule has 0 spiro atoms. The first kappa shape index (κ1) is 16.2. The van der Waals surface area contributed by atoms with Gasteiger partial charge in [-0.1, -0.05) is 30.3 Å². The van der Waals surface area contributed by atoms with E-state index in [0.29, 0.717) is 30.4 Å². The summed E-state index contributed by atoms with van der Waals surface area (Å²) in [6.45, 7) is 0.723. The molecule has 2 aromatic heterocycles. The van der Waals surface area contributed by atoms with Crippen LogP contribution in [-0.4, -0.2) is 46.5 Å². The van der Waals surface area contributed by atoms with Crippen molar-refractivity contribution in [2.75, 3.05) is 36.9 Å². The fraction of sp³-hybridized carbons (Fsp3) is 0.222. The molecule has 0 aliphatic rings. The van der Waals surface area contributed by atoms with Crippen LogP contribution >= 0.6 is 0 Å². The fourth-order valence-corrected chi connectivity index (χ4v) is 2.71. The minimum absolute atomic E-state index is 0.0231. The molecule has 0 amide bonds. The van der Waals surface area contributed by atoms with E-state index >= 15 is 0 Å². The zero-order chi connectivity index (χ0) is 16.9. The van der Waals surface area contributed by atoms with Crippen molar-refractivity contribution in [2.24, 2.45) is 0 Å². The molecule has 24 heavy (non-hydrogen) atoms. The van der Waals surface area contributed by atoms with E-state index in [9.17, 15) is 10.2 Å². The highest BCUT2D eigenvalue weighted by molar-refractivity contribution is 5.95. The molecular formula is C18H20N4O2. The van der Waals surface area contributed by atoms with Gasteiger partial charge in [0.2, 0.25) is 0 Å². The number of nitrogen functional groups attached to an aromatic ring is 1. The summed E-state index contributed by atoms with van der Waals surface area (Å²) >= 11 is 0. The van der Waals surface area contributed by atoms with Crippen LogP contribution in [0.2, 0.25) is 0 Å². The third kappa shape index (κ3) is 3.29. The van der Waals surface area contributed by atoms with Crippen LogP contribution < -0.4 is 10.6 Å². The predicted octanol–water partition coefficient (Wildman–Crippen LogP) is 1.67. The molecule has 0 bridgehead atoms. The van der Waals surface area contributed by atoms with Gasteiger partial charge in [-0.25, -0.2) is 9.97 Å². The van der Waals surface area contributed by atoms with Crippen molar-refractivity contribution in [2.45, 2.75) is 0 Å². The van der Waals surface area contributed by atoms with Gasteiger partial charge in [0.1, 0.15) is 11.6 Å². The molecular weight excluding hydrogens is 304 g/mol. The summed E-state index contributed by atoms with van der Waals surface area (Å²) in [4.78, 5) is 10.7. The number of nitrogens with zero attached hydrogens (tertiary/aromatic N) is 3. The second-order valence-electron chi connectivity index (χ2n) is 5.44. The van der Waals surface area contributed by atoms with Gasteiger partial charge in [0.05, 0.1) is 13.2 Å². The molecule has 0 fully saturated rings. The Morgan fingerprint density at radius 2 is 1.62 bits per heavy atom. The van der Waals surface area contributed by atoms with Crippen molar-refractivity contribution in [3.05, 3.63) is 48.5 Å². The molecule has 0 aliphatic heterocycles. The Balaban J connectivity index is 2.21. The molecule has 2 heterocycles. The van der Waals surface area contributed by atoms with Crippen LogP contribution in [0.3, 0.4) is 0 Å². The smallest absolute Gasteiger partial charge is 0.164 e. The molecule has 4 N–H and O–H groups in total. The SMILES string of the molecule is Nc1ccc2c(-c3ccccc3)cc(N(CCO)CCO)nc2n1. The monoisotopic (exact) mass is 324 g/mol. The highest BCUT2D eigenvalue weighted by Gasteiger charge is 2.13. The molecule has 124 valence electrons. The Morgan fingerprint density at radius 1 is 0.917 bits per heavy atom. The minimum Gasteiger partial charge on any atom is -0.395 e. The van der Waals surface area contributed by atoms with Crippen LogP contribution in [0.5, 0.6) is 0 Å². The van der Waals surface area contributed by atoms with Gasteiger partial charge in [-0.15, -0.1) is 0 Å². The number of nitrogens with two attached hydrogens (primary N) is 1. The number of pyridine rings is 2. The lowest BCUT2D eigenvalue weighted by molar-refractivity contribution is 0.280. The molecule has 6 heteroatoms. The van der Waals surface area contributed by atoms with Crippen LogP contribution in [0.4, 0.5) is 11.6 Å². The van der Waals surface area contributed by atoms with Crippen molar-refractivity contribution in [1.29, 1.82) is 0 Å². The lowest BCUT2D eigenvalue weighted by Crippen LogP contribution is -2.30. The Labute approximate surface area is 140 Å². The summed E-state index contributed by atoms with van der Waals surface area (Å²) in [5, 5.41) is 19.5. The van der Waals surface area contributed by atoms with Gasteiger partial charge in [-0.3, -0.25) is 0 Å². The minimum atomic E-state index is -0.0231. The van der Waals surface area contributed by atoms with Gasteiger partial charge >= 0.3 is 0 Å². The summed E-state index contributed by atoms with van der Waals surface area (Å²) < 4.78 is 0. The van der Waals surface area contributed by atoms with E-state index in [1.54, 1.807) is 6.07 Å². The van der Waals surface area contributed by atoms with Crippen molar-refractivity contribution in [3.63, 3.8) is 0 Å². The zero-order valence-corrected chi connectivity index (χ0v) is 13.3. The first-order valence-electron chi connectivity index (χ1n) is 7.82. The molecule has 0 aliphatic carbocycles. The Hall–Kier alpha value is -2.70. The number of aromatic nitrogens is 2. The topological polar surface area (TPSA) is 95.5 Å². The summed E-state index contributed by atoms with van der Waals surface area (Å²) in [6.07, 6.45) is 0. The Morgan fingerprint density at radius 3 is 2.29 bits per heavy atom. The molecule has 0 saturated heterocycles. The van der Waals surface area contributed by atoms with Crippen molar-refractivity contribution in [1.82, 2.24) is 9.97 Å². The van der Waals surface area contributed by atoms with Gasteiger partial charge in [0.25, 0.3) is 0 Å². The number of aliphatic hydroxyl groups is 2. The van der Waals surface area contributed by atoms with Gasteiger partial charge in [0, 0.05) is 18.5 Å². The van der Waals surface area contributed by atoms with E-state index in [4.69, 9.17) is 5.73 Å². The number of anilines is 2. The number of aliphatic hydroxyl groups excluding tert-OH is 2. The predicted molar refractivity (Wildman–Crippen MR) is 95.8 cm³/mol. The van der Waals surface area contributed by atoms with Gasteiger partial charge in [-0.05, 0) is 29.3 Å². The van der Waals surface area contributed by atoms with Crippen molar-refractivity contribution in [3.8, 4) is 11.1 Å². The van der Waals surface area contributed by atoms with E-state index in [0.717, 1.165) is 16.5 Å². The zero-order valence-electron chi connectivity index (χ0n) is 13.3. The van der Waals surface area contributed by atoms with Crippen LogP contribution in [0.25, 0.3) is 22.2 Å². The molecule has 1 aromatic carbocycles. The van der Waals surface area contributed by atoms with Crippen LogP contribution in [0, 0.1) is 0 Å². The second kappa shape index (κ2) is 7.25. The maximum absolute atomic E-state index is 9.28. The summed E-state index contributed by atoms with van der Waals surface area (Å²) in [6, 6.07) is 15.6. The third-order valence-electron chi connectivity index (χ3n) is 3.83. The number of fused-ring (bicyclic) bond motifs is 1. The molecule has 0 saturated carbocycles. The van der Waals surface area contributed by atoms with Crippen molar-refractivity contribution < 1.29 is 10.2 Å². The Bertz CT molecular complexity index is 818. The number of rotatable bonds is 6. The van der Waals surface area contributed by atoms with Gasteiger partial charge in [0.15, 0.2) is 5.65 Å². The van der Waals surface area contributed by atoms with Gasteiger partial charge < -0.3 is 20.8 Å². The second-order valence-corrected chi connectivity index (χ2v) is 5.44. The van der Waals surface area contributed by atoms with E-state index in [1.165, 1.54) is 0 Å². The standard InChI is InChI=1S/C18H20N4O2/c19-16-7-6-14-15(13-4-2-1-3-5-13)12-17(21-18(14)20-16)22(8-10-23)9-11-24/h1-7,12,23-24H,8-11H2,(H2,19,20,21). The largest absolute Gasteiger partial charge is 0.395 e. The maximum atomic E-state index is 9.28. The van der Waals surface area contributed by atoms with E-state index in [2.05, 4.69) is 9.97 Å². The highest BCUT2D eigenvalue weighted by Crippen LogP contribution is 2.31. The third-order valence-corrected chi connectivity index (χ3v) is 3.83. The van der Waals surface area contributed by atoms with Gasteiger partial charge in [-0.2, -0.15) is 0 Å². The highest BCUT2D eigenvalue weighted by atomic mass is 16.3. The normalized spacial score (nSPS) is 10.9. The molecule has 0 radical (unpaired) electrons. The van der Waals surface area contributed by atoms with Crippen LogP contribution in [0.1, 0.15) is 0 Å². The molecule has 6 nitrogen and oxygen atoms in total. The number of hydrogen-bond acceptors (Lipinski definition) is 6. The summed E-state index contributed by atoms with van der Waals surface area (Å²) in [7, 11) is 0. The first-order chi connectivity index (χ1) is 11.7. The number of benzene rings is 1. The van der Waals surface area contributed by atoms with E-state index < -0.39 is 0 Å². The quantitative estimate of drug-likeness (QED) is 0.638. The van der Waals surface area contributed by atoms with E-state index in [-0.39, 0.29) is 13.2 Å². The maximum Gasteiger partial charge on any atom is 0.164 e. The molecule has 0 unspecified atom stereocenters. The molecule has 3 rings (SSSR count). The van der Waals surface area contributed by atoms with Crippen molar-refractivity contribution >= 4 is 22.7 Å². The molecule has 0 atom stereocenters.